The fourth-order valence-corrected chi connectivity index (χ4v) is 2.13. The van der Waals surface area contributed by atoms with Crippen molar-refractivity contribution in [3.8, 4) is 0 Å². The third kappa shape index (κ3) is 3.60. The largest absolute Gasteiger partial charge is 0.462 e. The first-order valence-corrected chi connectivity index (χ1v) is 6.74. The zero-order valence-electron chi connectivity index (χ0n) is 11.6. The minimum Gasteiger partial charge on any atom is -0.462 e. The van der Waals surface area contributed by atoms with Gasteiger partial charge >= 0.3 is 5.97 Å². The second-order valence-corrected chi connectivity index (χ2v) is 4.76. The minimum atomic E-state index is -0.339. The van der Waals surface area contributed by atoms with Crippen LogP contribution in [0.1, 0.15) is 27.9 Å². The first kappa shape index (κ1) is 14.1. The molecule has 0 radical (unpaired) electrons. The third-order valence-corrected chi connectivity index (χ3v) is 3.19. The van der Waals surface area contributed by atoms with Gasteiger partial charge in [0.05, 0.1) is 12.2 Å². The van der Waals surface area contributed by atoms with E-state index in [0.717, 1.165) is 18.4 Å². The number of nitrogen functional groups attached to an aromatic ring is 1. The van der Waals surface area contributed by atoms with E-state index in [4.69, 9.17) is 10.5 Å². The molecule has 0 fully saturated rings. The molecule has 0 aliphatic rings. The van der Waals surface area contributed by atoms with E-state index < -0.39 is 0 Å². The van der Waals surface area contributed by atoms with Crippen LogP contribution in [0.25, 0.3) is 0 Å². The average molecular weight is 269 g/mol. The summed E-state index contributed by atoms with van der Waals surface area (Å²) in [6, 6.07) is 15.6. The summed E-state index contributed by atoms with van der Waals surface area (Å²) in [4.78, 5) is 12.0. The summed E-state index contributed by atoms with van der Waals surface area (Å²) in [5.41, 5.74) is 8.86. The maximum absolute atomic E-state index is 12.0. The monoisotopic (exact) mass is 269 g/mol. The summed E-state index contributed by atoms with van der Waals surface area (Å²) < 4.78 is 5.29. The van der Waals surface area contributed by atoms with Crippen molar-refractivity contribution in [1.82, 2.24) is 0 Å². The number of rotatable bonds is 5. The first-order chi connectivity index (χ1) is 9.68. The van der Waals surface area contributed by atoms with Crippen LogP contribution in [0.4, 0.5) is 5.69 Å². The maximum Gasteiger partial charge on any atom is 0.340 e. The Kier molecular flexibility index (Phi) is 4.77. The Morgan fingerprint density at radius 3 is 2.55 bits per heavy atom. The van der Waals surface area contributed by atoms with Crippen molar-refractivity contribution in [2.45, 2.75) is 19.8 Å². The highest BCUT2D eigenvalue weighted by Crippen LogP contribution is 2.17. The molecule has 3 nitrogen and oxygen atoms in total. The highest BCUT2D eigenvalue weighted by Gasteiger charge is 2.13. The molecule has 3 heteroatoms. The number of carbonyl (C=O) groups excluding carboxylic acids is 1. The summed E-state index contributed by atoms with van der Waals surface area (Å²) in [5.74, 6) is -0.339. The van der Waals surface area contributed by atoms with Gasteiger partial charge in [-0.1, -0.05) is 42.5 Å². The zero-order chi connectivity index (χ0) is 14.4. The molecule has 0 unspecified atom stereocenters. The molecule has 0 amide bonds. The van der Waals surface area contributed by atoms with Gasteiger partial charge in [-0.25, -0.2) is 4.79 Å². The molecule has 20 heavy (non-hydrogen) atoms. The molecule has 0 saturated carbocycles. The fourth-order valence-electron chi connectivity index (χ4n) is 2.13. The standard InChI is InChI=1S/C17H19NO2/c1-13-7-5-11-15(18)16(13)17(19)20-12-6-10-14-8-3-2-4-9-14/h2-5,7-9,11H,6,10,12,18H2,1H3. The van der Waals surface area contributed by atoms with Gasteiger partial charge in [-0.15, -0.1) is 0 Å². The van der Waals surface area contributed by atoms with E-state index in [0.29, 0.717) is 17.9 Å². The second kappa shape index (κ2) is 6.75. The van der Waals surface area contributed by atoms with Crippen LogP contribution in [-0.4, -0.2) is 12.6 Å². The Hall–Kier alpha value is -2.29. The molecular formula is C17H19NO2. The normalized spacial score (nSPS) is 10.2. The van der Waals surface area contributed by atoms with Gasteiger partial charge in [0, 0.05) is 5.69 Å². The Balaban J connectivity index is 1.84. The molecule has 0 spiro atoms. The average Bonchev–Trinajstić information content (AvgIpc) is 2.44. The van der Waals surface area contributed by atoms with E-state index in [1.165, 1.54) is 5.56 Å². The van der Waals surface area contributed by atoms with E-state index in [-0.39, 0.29) is 5.97 Å². The lowest BCUT2D eigenvalue weighted by Gasteiger charge is -2.09. The number of esters is 1. The highest BCUT2D eigenvalue weighted by molar-refractivity contribution is 5.96. The predicted molar refractivity (Wildman–Crippen MR) is 80.6 cm³/mol. The summed E-state index contributed by atoms with van der Waals surface area (Å²) >= 11 is 0. The minimum absolute atomic E-state index is 0.339. The lowest BCUT2D eigenvalue weighted by atomic mass is 10.1. The Morgan fingerprint density at radius 1 is 1.10 bits per heavy atom. The molecule has 2 N–H and O–H groups in total. The fraction of sp³-hybridized carbons (Fsp3) is 0.235. The van der Waals surface area contributed by atoms with Crippen molar-refractivity contribution in [2.24, 2.45) is 0 Å². The van der Waals surface area contributed by atoms with Crippen LogP contribution in [0.15, 0.2) is 48.5 Å². The topological polar surface area (TPSA) is 52.3 Å². The first-order valence-electron chi connectivity index (χ1n) is 6.74. The summed E-state index contributed by atoms with van der Waals surface area (Å²) in [7, 11) is 0. The van der Waals surface area contributed by atoms with E-state index in [1.54, 1.807) is 6.07 Å². The van der Waals surface area contributed by atoms with Crippen LogP contribution in [0.3, 0.4) is 0 Å². The smallest absolute Gasteiger partial charge is 0.340 e. The van der Waals surface area contributed by atoms with Gasteiger partial charge in [0.15, 0.2) is 0 Å². The van der Waals surface area contributed by atoms with E-state index >= 15 is 0 Å². The van der Waals surface area contributed by atoms with Crippen molar-refractivity contribution in [2.75, 3.05) is 12.3 Å². The van der Waals surface area contributed by atoms with Gasteiger partial charge in [-0.2, -0.15) is 0 Å². The van der Waals surface area contributed by atoms with Crippen molar-refractivity contribution < 1.29 is 9.53 Å². The Labute approximate surface area is 119 Å². The van der Waals surface area contributed by atoms with Crippen LogP contribution in [-0.2, 0) is 11.2 Å². The van der Waals surface area contributed by atoms with Crippen molar-refractivity contribution >= 4 is 11.7 Å². The molecule has 2 aromatic rings. The zero-order valence-corrected chi connectivity index (χ0v) is 11.6. The molecule has 2 rings (SSSR count). The van der Waals surface area contributed by atoms with Gasteiger partial charge in [-0.3, -0.25) is 0 Å². The lowest BCUT2D eigenvalue weighted by Crippen LogP contribution is -2.11. The number of benzene rings is 2. The Bertz CT molecular complexity index is 559. The SMILES string of the molecule is Cc1cccc(N)c1C(=O)OCCCc1ccccc1. The maximum atomic E-state index is 12.0. The number of carbonyl (C=O) groups is 1. The summed E-state index contributed by atoms with van der Waals surface area (Å²) in [6.07, 6.45) is 1.71. The quantitative estimate of drug-likeness (QED) is 0.514. The Morgan fingerprint density at radius 2 is 1.85 bits per heavy atom. The van der Waals surface area contributed by atoms with Gasteiger partial charge < -0.3 is 10.5 Å². The van der Waals surface area contributed by atoms with E-state index in [9.17, 15) is 4.79 Å². The predicted octanol–water partition coefficient (Wildman–Crippen LogP) is 3.37. The van der Waals surface area contributed by atoms with Crippen molar-refractivity contribution in [3.63, 3.8) is 0 Å². The molecule has 0 aromatic heterocycles. The molecule has 0 aliphatic carbocycles. The molecule has 0 aliphatic heterocycles. The van der Waals surface area contributed by atoms with E-state index in [1.807, 2.05) is 37.3 Å². The van der Waals surface area contributed by atoms with Crippen LogP contribution < -0.4 is 5.73 Å². The summed E-state index contributed by atoms with van der Waals surface area (Å²) in [5, 5.41) is 0. The summed E-state index contributed by atoms with van der Waals surface area (Å²) in [6.45, 7) is 2.26. The number of hydrogen-bond donors (Lipinski definition) is 1. The molecule has 0 atom stereocenters. The molecule has 0 heterocycles. The molecule has 0 saturated heterocycles. The highest BCUT2D eigenvalue weighted by atomic mass is 16.5. The third-order valence-electron chi connectivity index (χ3n) is 3.19. The number of ether oxygens (including phenoxy) is 1. The van der Waals surface area contributed by atoms with Gasteiger partial charge in [0.1, 0.15) is 0 Å². The second-order valence-electron chi connectivity index (χ2n) is 4.76. The van der Waals surface area contributed by atoms with Gasteiger partial charge in [-0.05, 0) is 37.0 Å². The van der Waals surface area contributed by atoms with E-state index in [2.05, 4.69) is 12.1 Å². The van der Waals surface area contributed by atoms with Crippen molar-refractivity contribution in [1.29, 1.82) is 0 Å². The number of aryl methyl sites for hydroxylation is 2. The number of hydrogen-bond acceptors (Lipinski definition) is 3. The van der Waals surface area contributed by atoms with Gasteiger partial charge in [0.25, 0.3) is 0 Å². The molecule has 0 bridgehead atoms. The number of anilines is 1. The molecule has 104 valence electrons. The number of nitrogens with two attached hydrogens (primary N) is 1. The van der Waals surface area contributed by atoms with Crippen LogP contribution in [0.5, 0.6) is 0 Å². The molecular weight excluding hydrogens is 250 g/mol. The van der Waals surface area contributed by atoms with Crippen LogP contribution in [0, 0.1) is 6.92 Å². The van der Waals surface area contributed by atoms with Gasteiger partial charge in [0.2, 0.25) is 0 Å². The van der Waals surface area contributed by atoms with Crippen LogP contribution in [0.2, 0.25) is 0 Å². The molecule has 2 aromatic carbocycles. The lowest BCUT2D eigenvalue weighted by molar-refractivity contribution is 0.0501. The van der Waals surface area contributed by atoms with Crippen molar-refractivity contribution in [3.05, 3.63) is 65.2 Å². The van der Waals surface area contributed by atoms with Crippen LogP contribution >= 0.6 is 0 Å².